The van der Waals surface area contributed by atoms with Gasteiger partial charge in [0.2, 0.25) is 5.91 Å². The molecule has 1 aromatic rings. The van der Waals surface area contributed by atoms with Crippen LogP contribution in [0.4, 0.5) is 4.39 Å². The number of benzene rings is 1. The van der Waals surface area contributed by atoms with Gasteiger partial charge in [-0.05, 0) is 62.9 Å². The molecule has 0 aliphatic carbocycles. The molecule has 5 heteroatoms. The summed E-state index contributed by atoms with van der Waals surface area (Å²) in [6.07, 6.45) is 4.00. The van der Waals surface area contributed by atoms with Crippen molar-refractivity contribution in [3.8, 4) is 0 Å². The van der Waals surface area contributed by atoms with Gasteiger partial charge in [0.1, 0.15) is 12.4 Å². The minimum absolute atomic E-state index is 0.0773. The van der Waals surface area contributed by atoms with E-state index in [0.717, 1.165) is 24.9 Å². The zero-order chi connectivity index (χ0) is 16.9. The van der Waals surface area contributed by atoms with Gasteiger partial charge in [-0.25, -0.2) is 4.39 Å². The van der Waals surface area contributed by atoms with Crippen molar-refractivity contribution < 1.29 is 13.9 Å². The van der Waals surface area contributed by atoms with Crippen LogP contribution in [0, 0.1) is 11.7 Å². The Morgan fingerprint density at radius 2 is 1.96 bits per heavy atom. The van der Waals surface area contributed by atoms with Gasteiger partial charge in [0, 0.05) is 6.54 Å². The predicted molar refractivity (Wildman–Crippen MR) is 90.9 cm³/mol. The Kier molecular flexibility index (Phi) is 10.2. The highest BCUT2D eigenvalue weighted by Crippen LogP contribution is 2.08. The minimum atomic E-state index is -0.241. The van der Waals surface area contributed by atoms with Crippen molar-refractivity contribution in [3.63, 3.8) is 0 Å². The fourth-order valence-corrected chi connectivity index (χ4v) is 2.29. The second kappa shape index (κ2) is 12.0. The largest absolute Gasteiger partial charge is 0.371 e. The third-order valence-corrected chi connectivity index (χ3v) is 3.76. The summed E-state index contributed by atoms with van der Waals surface area (Å²) >= 11 is 0. The SMILES string of the molecule is CNCCCC(C)CCNC(=O)COCCc1ccc(F)cc1. The Balaban J connectivity index is 2.00. The second-order valence-electron chi connectivity index (χ2n) is 5.92. The third-order valence-electron chi connectivity index (χ3n) is 3.76. The van der Waals surface area contributed by atoms with E-state index in [1.165, 1.54) is 18.6 Å². The molecule has 0 aromatic heterocycles. The first-order valence-corrected chi connectivity index (χ1v) is 8.35. The van der Waals surface area contributed by atoms with Gasteiger partial charge < -0.3 is 15.4 Å². The number of amides is 1. The van der Waals surface area contributed by atoms with Gasteiger partial charge >= 0.3 is 0 Å². The van der Waals surface area contributed by atoms with Crippen molar-refractivity contribution >= 4 is 5.91 Å². The lowest BCUT2D eigenvalue weighted by atomic mass is 10.0. The maximum absolute atomic E-state index is 12.8. The van der Waals surface area contributed by atoms with Gasteiger partial charge in [-0.15, -0.1) is 0 Å². The molecule has 0 aliphatic heterocycles. The number of ether oxygens (including phenoxy) is 1. The van der Waals surface area contributed by atoms with E-state index < -0.39 is 0 Å². The van der Waals surface area contributed by atoms with Crippen LogP contribution in [0.2, 0.25) is 0 Å². The Morgan fingerprint density at radius 3 is 2.65 bits per heavy atom. The molecule has 1 unspecified atom stereocenters. The van der Waals surface area contributed by atoms with Gasteiger partial charge in [0.05, 0.1) is 6.61 Å². The first-order valence-electron chi connectivity index (χ1n) is 8.35. The first-order chi connectivity index (χ1) is 11.1. The summed E-state index contributed by atoms with van der Waals surface area (Å²) in [5.41, 5.74) is 1.00. The van der Waals surface area contributed by atoms with E-state index in [0.29, 0.717) is 25.5 Å². The van der Waals surface area contributed by atoms with Crippen molar-refractivity contribution in [3.05, 3.63) is 35.6 Å². The molecule has 0 bridgehead atoms. The number of rotatable bonds is 12. The fourth-order valence-electron chi connectivity index (χ4n) is 2.29. The van der Waals surface area contributed by atoms with E-state index in [4.69, 9.17) is 4.74 Å². The van der Waals surface area contributed by atoms with Gasteiger partial charge in [-0.3, -0.25) is 4.79 Å². The molecular weight excluding hydrogens is 295 g/mol. The van der Waals surface area contributed by atoms with Crippen LogP contribution in [0.3, 0.4) is 0 Å². The van der Waals surface area contributed by atoms with E-state index in [9.17, 15) is 9.18 Å². The molecule has 0 saturated carbocycles. The van der Waals surface area contributed by atoms with Gasteiger partial charge in [-0.2, -0.15) is 0 Å². The lowest BCUT2D eigenvalue weighted by molar-refractivity contribution is -0.125. The van der Waals surface area contributed by atoms with E-state index in [-0.39, 0.29) is 18.3 Å². The number of carbonyl (C=O) groups is 1. The molecular formula is C18H29FN2O2. The van der Waals surface area contributed by atoms with Crippen LogP contribution in [0.25, 0.3) is 0 Å². The van der Waals surface area contributed by atoms with Crippen molar-refractivity contribution in [2.75, 3.05) is 33.4 Å². The van der Waals surface area contributed by atoms with Crippen LogP contribution < -0.4 is 10.6 Å². The van der Waals surface area contributed by atoms with E-state index in [1.54, 1.807) is 12.1 Å². The number of halogens is 1. The Hall–Kier alpha value is -1.46. The normalized spacial score (nSPS) is 12.1. The summed E-state index contributed by atoms with van der Waals surface area (Å²) < 4.78 is 18.1. The van der Waals surface area contributed by atoms with E-state index >= 15 is 0 Å². The molecule has 1 rings (SSSR count). The van der Waals surface area contributed by atoms with Gasteiger partial charge in [0.15, 0.2) is 0 Å². The summed E-state index contributed by atoms with van der Waals surface area (Å²) in [6.45, 7) is 4.48. The smallest absolute Gasteiger partial charge is 0.245 e. The van der Waals surface area contributed by atoms with Crippen LogP contribution in [0.1, 0.15) is 31.7 Å². The molecule has 1 amide bonds. The number of hydrogen-bond donors (Lipinski definition) is 2. The molecule has 0 fully saturated rings. The quantitative estimate of drug-likeness (QED) is 0.581. The number of carbonyl (C=O) groups excluding carboxylic acids is 1. The highest BCUT2D eigenvalue weighted by molar-refractivity contribution is 5.77. The predicted octanol–water partition coefficient (Wildman–Crippen LogP) is 2.53. The van der Waals surface area contributed by atoms with Gasteiger partial charge in [0.25, 0.3) is 0 Å². The van der Waals surface area contributed by atoms with Crippen LogP contribution >= 0.6 is 0 Å². The Bertz CT molecular complexity index is 437. The molecule has 0 heterocycles. The van der Waals surface area contributed by atoms with Crippen molar-refractivity contribution in [1.29, 1.82) is 0 Å². The lowest BCUT2D eigenvalue weighted by Gasteiger charge is -2.12. The molecule has 2 N–H and O–H groups in total. The summed E-state index contributed by atoms with van der Waals surface area (Å²) in [4.78, 5) is 11.6. The molecule has 23 heavy (non-hydrogen) atoms. The summed E-state index contributed by atoms with van der Waals surface area (Å²) in [5.74, 6) is 0.295. The molecule has 130 valence electrons. The van der Waals surface area contributed by atoms with Crippen LogP contribution in [-0.2, 0) is 16.0 Å². The highest BCUT2D eigenvalue weighted by atomic mass is 19.1. The Morgan fingerprint density at radius 1 is 1.22 bits per heavy atom. The zero-order valence-corrected chi connectivity index (χ0v) is 14.2. The summed E-state index contributed by atoms with van der Waals surface area (Å²) in [5, 5.41) is 6.02. The fraction of sp³-hybridized carbons (Fsp3) is 0.611. The first kappa shape index (κ1) is 19.6. The van der Waals surface area contributed by atoms with E-state index in [2.05, 4.69) is 17.6 Å². The summed E-state index contributed by atoms with van der Waals surface area (Å²) in [7, 11) is 1.96. The average Bonchev–Trinajstić information content (AvgIpc) is 2.53. The van der Waals surface area contributed by atoms with Crippen molar-refractivity contribution in [2.24, 2.45) is 5.92 Å². The lowest BCUT2D eigenvalue weighted by Crippen LogP contribution is -2.29. The molecule has 1 atom stereocenters. The molecule has 0 radical (unpaired) electrons. The monoisotopic (exact) mass is 324 g/mol. The van der Waals surface area contributed by atoms with Crippen LogP contribution in [-0.4, -0.2) is 39.3 Å². The summed E-state index contributed by atoms with van der Waals surface area (Å²) in [6, 6.07) is 6.32. The van der Waals surface area contributed by atoms with Gasteiger partial charge in [-0.1, -0.05) is 19.1 Å². The molecule has 0 aliphatic rings. The van der Waals surface area contributed by atoms with Crippen LogP contribution in [0.5, 0.6) is 0 Å². The topological polar surface area (TPSA) is 50.4 Å². The Labute approximate surface area is 138 Å². The molecule has 0 spiro atoms. The standard InChI is InChI=1S/C18H29FN2O2/c1-15(4-3-11-20-2)9-12-21-18(22)14-23-13-10-16-5-7-17(19)8-6-16/h5-8,15,20H,3-4,9-14H2,1-2H3,(H,21,22). The molecule has 4 nitrogen and oxygen atoms in total. The minimum Gasteiger partial charge on any atom is -0.371 e. The molecule has 0 saturated heterocycles. The highest BCUT2D eigenvalue weighted by Gasteiger charge is 2.05. The zero-order valence-electron chi connectivity index (χ0n) is 14.2. The third kappa shape index (κ3) is 10.0. The van der Waals surface area contributed by atoms with Crippen LogP contribution in [0.15, 0.2) is 24.3 Å². The number of hydrogen-bond acceptors (Lipinski definition) is 3. The van der Waals surface area contributed by atoms with Crippen molar-refractivity contribution in [2.45, 2.75) is 32.6 Å². The van der Waals surface area contributed by atoms with E-state index in [1.807, 2.05) is 7.05 Å². The maximum atomic E-state index is 12.8. The average molecular weight is 324 g/mol. The maximum Gasteiger partial charge on any atom is 0.245 e. The second-order valence-corrected chi connectivity index (χ2v) is 5.92. The number of nitrogens with one attached hydrogen (secondary N) is 2. The molecule has 1 aromatic carbocycles. The van der Waals surface area contributed by atoms with Crippen molar-refractivity contribution in [1.82, 2.24) is 10.6 Å².